The summed E-state index contributed by atoms with van der Waals surface area (Å²) in [5, 5.41) is 7.16. The summed E-state index contributed by atoms with van der Waals surface area (Å²) in [7, 11) is 0. The lowest BCUT2D eigenvalue weighted by Crippen LogP contribution is -2.04. The largest absolute Gasteiger partial charge is 0.281 e. The summed E-state index contributed by atoms with van der Waals surface area (Å²) in [4.78, 5) is 0. The summed E-state index contributed by atoms with van der Waals surface area (Å²) in [6.45, 7) is 0. The number of hydrogen-bond donors (Lipinski definition) is 1. The fraction of sp³-hybridized carbons (Fsp3) is 0.667. The van der Waals surface area contributed by atoms with Gasteiger partial charge in [-0.15, -0.1) is 0 Å². The molecule has 0 saturated heterocycles. The van der Waals surface area contributed by atoms with Gasteiger partial charge < -0.3 is 0 Å². The molecule has 0 bridgehead atoms. The van der Waals surface area contributed by atoms with Crippen LogP contribution in [0.25, 0.3) is 0 Å². The van der Waals surface area contributed by atoms with Crippen LogP contribution in [0.1, 0.15) is 43.7 Å². The molecule has 1 saturated carbocycles. The molecule has 1 aliphatic carbocycles. The van der Waals surface area contributed by atoms with Gasteiger partial charge in [0.2, 0.25) is 0 Å². The first-order valence-corrected chi connectivity index (χ1v) is 5.36. The second kappa shape index (κ2) is 3.60. The van der Waals surface area contributed by atoms with Crippen LogP contribution in [0, 0.1) is 0 Å². The van der Waals surface area contributed by atoms with Gasteiger partial charge in [-0.3, -0.25) is 5.10 Å². The lowest BCUT2D eigenvalue weighted by atomic mass is 9.87. The highest BCUT2D eigenvalue weighted by Gasteiger charge is 2.16. The van der Waals surface area contributed by atoms with E-state index in [-0.39, 0.29) is 0 Å². The van der Waals surface area contributed by atoms with Gasteiger partial charge in [-0.25, -0.2) is 0 Å². The zero-order valence-electron chi connectivity index (χ0n) is 7.02. The molecular weight excluding hydrogens is 216 g/mol. The maximum Gasteiger partial charge on any atom is 0.128 e. The number of aromatic amines is 1. The fourth-order valence-corrected chi connectivity index (χ4v) is 2.27. The van der Waals surface area contributed by atoms with Gasteiger partial charge >= 0.3 is 0 Å². The first kappa shape index (κ1) is 8.30. The van der Waals surface area contributed by atoms with E-state index in [2.05, 4.69) is 32.2 Å². The Morgan fingerprint density at radius 1 is 1.33 bits per heavy atom. The molecule has 0 aromatic carbocycles. The van der Waals surface area contributed by atoms with Crippen molar-refractivity contribution in [1.82, 2.24) is 10.2 Å². The van der Waals surface area contributed by atoms with Crippen LogP contribution in [0.2, 0.25) is 0 Å². The van der Waals surface area contributed by atoms with Gasteiger partial charge in [-0.1, -0.05) is 19.3 Å². The molecular formula is C9H13BrN2. The highest BCUT2D eigenvalue weighted by molar-refractivity contribution is 9.10. The second-order valence-electron chi connectivity index (χ2n) is 3.48. The molecule has 1 fully saturated rings. The Bertz CT molecular complexity index is 251. The zero-order valence-corrected chi connectivity index (χ0v) is 8.60. The van der Waals surface area contributed by atoms with Crippen LogP contribution in [0.3, 0.4) is 0 Å². The van der Waals surface area contributed by atoms with E-state index in [4.69, 9.17) is 0 Å². The molecule has 12 heavy (non-hydrogen) atoms. The van der Waals surface area contributed by atoms with Gasteiger partial charge in [0, 0.05) is 11.6 Å². The van der Waals surface area contributed by atoms with Crippen molar-refractivity contribution in [2.75, 3.05) is 0 Å². The van der Waals surface area contributed by atoms with Gasteiger partial charge in [0.05, 0.1) is 0 Å². The Morgan fingerprint density at radius 3 is 2.67 bits per heavy atom. The third-order valence-corrected chi connectivity index (χ3v) is 3.02. The summed E-state index contributed by atoms with van der Waals surface area (Å²) in [6.07, 6.45) is 6.82. The number of halogens is 1. The van der Waals surface area contributed by atoms with E-state index < -0.39 is 0 Å². The number of nitrogens with zero attached hydrogens (tertiary/aromatic N) is 1. The Kier molecular flexibility index (Phi) is 2.49. The molecule has 2 rings (SSSR count). The third-order valence-electron chi connectivity index (χ3n) is 2.61. The minimum absolute atomic E-state index is 0.734. The van der Waals surface area contributed by atoms with Crippen LogP contribution < -0.4 is 0 Å². The van der Waals surface area contributed by atoms with Crippen molar-refractivity contribution in [1.29, 1.82) is 0 Å². The topological polar surface area (TPSA) is 28.7 Å². The Labute approximate surface area is 80.9 Å². The number of H-pyrrole nitrogens is 1. The molecule has 66 valence electrons. The standard InChI is InChI=1S/C9H13BrN2/c10-9-6-8(11-12-9)7-4-2-1-3-5-7/h6-7H,1-5H2,(H,11,12). The van der Waals surface area contributed by atoms with E-state index in [0.717, 1.165) is 10.5 Å². The minimum atomic E-state index is 0.734. The lowest BCUT2D eigenvalue weighted by molar-refractivity contribution is 0.436. The Hall–Kier alpha value is -0.310. The molecule has 2 nitrogen and oxygen atoms in total. The van der Waals surface area contributed by atoms with Crippen molar-refractivity contribution in [2.45, 2.75) is 38.0 Å². The fourth-order valence-electron chi connectivity index (χ4n) is 1.93. The van der Waals surface area contributed by atoms with Crippen molar-refractivity contribution >= 4 is 15.9 Å². The highest BCUT2D eigenvalue weighted by atomic mass is 79.9. The molecule has 1 N–H and O–H groups in total. The number of rotatable bonds is 1. The average molecular weight is 229 g/mol. The van der Waals surface area contributed by atoms with Gasteiger partial charge in [0.25, 0.3) is 0 Å². The predicted octanol–water partition coefficient (Wildman–Crippen LogP) is 3.22. The number of hydrogen-bond acceptors (Lipinski definition) is 1. The molecule has 0 unspecified atom stereocenters. The minimum Gasteiger partial charge on any atom is -0.281 e. The lowest BCUT2D eigenvalue weighted by Gasteiger charge is -2.19. The average Bonchev–Trinajstić information content (AvgIpc) is 2.54. The van der Waals surface area contributed by atoms with Gasteiger partial charge in [-0.05, 0) is 34.8 Å². The van der Waals surface area contributed by atoms with Crippen molar-refractivity contribution < 1.29 is 0 Å². The van der Waals surface area contributed by atoms with Crippen LogP contribution in [0.4, 0.5) is 0 Å². The molecule has 0 aliphatic heterocycles. The second-order valence-corrected chi connectivity index (χ2v) is 4.29. The van der Waals surface area contributed by atoms with Gasteiger partial charge in [-0.2, -0.15) is 5.10 Å². The summed E-state index contributed by atoms with van der Waals surface area (Å²) >= 11 is 3.36. The molecule has 0 amide bonds. The van der Waals surface area contributed by atoms with Gasteiger partial charge in [0.1, 0.15) is 4.60 Å². The molecule has 0 atom stereocenters. The molecule has 0 spiro atoms. The van der Waals surface area contributed by atoms with Crippen molar-refractivity contribution in [3.63, 3.8) is 0 Å². The maximum atomic E-state index is 4.08. The monoisotopic (exact) mass is 228 g/mol. The summed E-state index contributed by atoms with van der Waals surface area (Å²) < 4.78 is 0.933. The zero-order chi connectivity index (χ0) is 8.39. The van der Waals surface area contributed by atoms with Crippen molar-refractivity contribution in [3.05, 3.63) is 16.4 Å². The van der Waals surface area contributed by atoms with E-state index in [0.29, 0.717) is 0 Å². The maximum absolute atomic E-state index is 4.08. The van der Waals surface area contributed by atoms with Crippen LogP contribution >= 0.6 is 15.9 Å². The molecule has 3 heteroatoms. The Balaban J connectivity index is 2.08. The van der Waals surface area contributed by atoms with Gasteiger partial charge in [0.15, 0.2) is 0 Å². The first-order valence-electron chi connectivity index (χ1n) is 4.57. The highest BCUT2D eigenvalue weighted by Crippen LogP contribution is 2.32. The normalized spacial score (nSPS) is 19.8. The van der Waals surface area contributed by atoms with Crippen LogP contribution in [0.5, 0.6) is 0 Å². The predicted molar refractivity (Wildman–Crippen MR) is 52.1 cm³/mol. The van der Waals surface area contributed by atoms with E-state index >= 15 is 0 Å². The van der Waals surface area contributed by atoms with Crippen LogP contribution in [-0.2, 0) is 0 Å². The van der Waals surface area contributed by atoms with Crippen LogP contribution in [0.15, 0.2) is 10.7 Å². The van der Waals surface area contributed by atoms with Crippen molar-refractivity contribution in [2.24, 2.45) is 0 Å². The third kappa shape index (κ3) is 1.71. The molecule has 0 radical (unpaired) electrons. The molecule has 1 aromatic heterocycles. The van der Waals surface area contributed by atoms with Crippen molar-refractivity contribution in [3.8, 4) is 0 Å². The quantitative estimate of drug-likeness (QED) is 0.786. The van der Waals surface area contributed by atoms with Crippen LogP contribution in [-0.4, -0.2) is 10.2 Å². The first-order chi connectivity index (χ1) is 5.86. The Morgan fingerprint density at radius 2 is 2.08 bits per heavy atom. The SMILES string of the molecule is Brc1cc(C2CCCCC2)[nH]n1. The summed E-state index contributed by atoms with van der Waals surface area (Å²) in [5.74, 6) is 0.734. The summed E-state index contributed by atoms with van der Waals surface area (Å²) in [6, 6.07) is 2.11. The molecule has 1 aliphatic rings. The molecule has 1 heterocycles. The van der Waals surface area contributed by atoms with E-state index in [9.17, 15) is 0 Å². The summed E-state index contributed by atoms with van der Waals surface area (Å²) in [5.41, 5.74) is 1.31. The smallest absolute Gasteiger partial charge is 0.128 e. The van der Waals surface area contributed by atoms with E-state index in [1.807, 2.05) is 0 Å². The number of aromatic nitrogens is 2. The van der Waals surface area contributed by atoms with E-state index in [1.165, 1.54) is 37.8 Å². The van der Waals surface area contributed by atoms with E-state index in [1.54, 1.807) is 0 Å². The number of nitrogens with one attached hydrogen (secondary N) is 1. The molecule has 1 aromatic rings.